The molecule has 1 aromatic rings. The predicted molar refractivity (Wildman–Crippen MR) is 68.9 cm³/mol. The van der Waals surface area contributed by atoms with Crippen molar-refractivity contribution in [1.82, 2.24) is 0 Å². The van der Waals surface area contributed by atoms with Crippen LogP contribution >= 0.6 is 38.9 Å². The van der Waals surface area contributed by atoms with Gasteiger partial charge in [0, 0.05) is 22.8 Å². The van der Waals surface area contributed by atoms with E-state index in [0.717, 1.165) is 19.4 Å². The van der Waals surface area contributed by atoms with Crippen LogP contribution in [0.4, 0.5) is 0 Å². The molecule has 0 amide bonds. The zero-order chi connectivity index (χ0) is 10.9. The van der Waals surface area contributed by atoms with Crippen LogP contribution < -0.4 is 0 Å². The Morgan fingerprint density at radius 2 is 2.47 bits per heavy atom. The maximum absolute atomic E-state index is 6.13. The molecule has 1 aliphatic rings. The van der Waals surface area contributed by atoms with Gasteiger partial charge in [-0.15, -0.1) is 22.9 Å². The maximum atomic E-state index is 6.13. The first-order valence-electron chi connectivity index (χ1n) is 5.08. The fourth-order valence-electron chi connectivity index (χ4n) is 2.07. The van der Waals surface area contributed by atoms with E-state index >= 15 is 0 Å². The summed E-state index contributed by atoms with van der Waals surface area (Å²) in [4.78, 5) is 1.39. The molecule has 2 heterocycles. The fourth-order valence-corrected chi connectivity index (χ4v) is 4.15. The number of ether oxygens (including phenoxy) is 1. The Morgan fingerprint density at radius 3 is 2.93 bits per heavy atom. The molecule has 2 rings (SSSR count). The van der Waals surface area contributed by atoms with Gasteiger partial charge in [0.15, 0.2) is 0 Å². The van der Waals surface area contributed by atoms with E-state index in [1.165, 1.54) is 8.66 Å². The van der Waals surface area contributed by atoms with Crippen LogP contribution in [0.15, 0.2) is 15.9 Å². The van der Waals surface area contributed by atoms with Crippen LogP contribution in [0, 0.1) is 5.41 Å². The van der Waals surface area contributed by atoms with Crippen LogP contribution in [0.5, 0.6) is 0 Å². The van der Waals surface area contributed by atoms with Gasteiger partial charge in [-0.25, -0.2) is 0 Å². The molecule has 1 fully saturated rings. The number of rotatable bonds is 3. The third-order valence-corrected chi connectivity index (χ3v) is 5.41. The summed E-state index contributed by atoms with van der Waals surface area (Å²) in [5.74, 6) is 0.684. The van der Waals surface area contributed by atoms with E-state index < -0.39 is 0 Å². The number of thiophene rings is 1. The third kappa shape index (κ3) is 2.41. The number of alkyl halides is 1. The van der Waals surface area contributed by atoms with Gasteiger partial charge < -0.3 is 4.74 Å². The second-order valence-electron chi connectivity index (χ2n) is 4.14. The van der Waals surface area contributed by atoms with E-state index in [1.54, 1.807) is 11.3 Å². The molecule has 4 heteroatoms. The summed E-state index contributed by atoms with van der Waals surface area (Å²) in [6, 6.07) is 4.27. The molecule has 0 radical (unpaired) electrons. The topological polar surface area (TPSA) is 9.23 Å². The van der Waals surface area contributed by atoms with Crippen molar-refractivity contribution in [2.45, 2.75) is 25.9 Å². The molecule has 0 aliphatic carbocycles. The number of hydrogen-bond acceptors (Lipinski definition) is 2. The molecule has 0 aromatic carbocycles. The largest absolute Gasteiger partial charge is 0.378 e. The first kappa shape index (κ1) is 11.9. The number of halogens is 2. The van der Waals surface area contributed by atoms with E-state index in [1.807, 2.05) is 0 Å². The van der Waals surface area contributed by atoms with E-state index in [4.69, 9.17) is 16.3 Å². The molecule has 2 atom stereocenters. The molecule has 0 spiro atoms. The average Bonchev–Trinajstić information content (AvgIpc) is 2.76. The third-order valence-electron chi connectivity index (χ3n) is 3.25. The van der Waals surface area contributed by atoms with Gasteiger partial charge in [-0.1, -0.05) is 0 Å². The van der Waals surface area contributed by atoms with Gasteiger partial charge in [-0.05, 0) is 47.8 Å². The summed E-state index contributed by atoms with van der Waals surface area (Å²) in [5.41, 5.74) is 0.145. The molecular formula is C11H14BrClOS. The van der Waals surface area contributed by atoms with Crippen LogP contribution in [-0.4, -0.2) is 18.6 Å². The summed E-state index contributed by atoms with van der Waals surface area (Å²) >= 11 is 11.4. The Morgan fingerprint density at radius 1 is 1.67 bits per heavy atom. The molecule has 1 aliphatic heterocycles. The lowest BCUT2D eigenvalue weighted by atomic mass is 9.80. The van der Waals surface area contributed by atoms with Gasteiger partial charge in [0.1, 0.15) is 0 Å². The van der Waals surface area contributed by atoms with E-state index in [-0.39, 0.29) is 11.5 Å². The molecule has 84 valence electrons. The lowest BCUT2D eigenvalue weighted by Gasteiger charge is -2.29. The Kier molecular flexibility index (Phi) is 3.76. The normalized spacial score (nSPS) is 31.0. The Balaban J connectivity index is 2.14. The van der Waals surface area contributed by atoms with Crippen LogP contribution in [0.1, 0.15) is 18.2 Å². The minimum atomic E-state index is 0.145. The molecule has 0 N–H and O–H groups in total. The van der Waals surface area contributed by atoms with Crippen molar-refractivity contribution >= 4 is 38.9 Å². The lowest BCUT2D eigenvalue weighted by molar-refractivity contribution is 0.0739. The Labute approximate surface area is 108 Å². The van der Waals surface area contributed by atoms with Crippen molar-refractivity contribution in [1.29, 1.82) is 0 Å². The SMILES string of the molecule is CC1OCCC1(CCl)Cc1ccc(Br)s1. The maximum Gasteiger partial charge on any atom is 0.0701 e. The van der Waals surface area contributed by atoms with Gasteiger partial charge in [0.25, 0.3) is 0 Å². The highest BCUT2D eigenvalue weighted by molar-refractivity contribution is 9.11. The van der Waals surface area contributed by atoms with Gasteiger partial charge in [-0.2, -0.15) is 0 Å². The second kappa shape index (κ2) is 4.74. The first-order chi connectivity index (χ1) is 7.16. The monoisotopic (exact) mass is 308 g/mol. The number of hydrogen-bond donors (Lipinski definition) is 0. The summed E-state index contributed by atoms with van der Waals surface area (Å²) < 4.78 is 6.84. The van der Waals surface area contributed by atoms with Gasteiger partial charge in [0.05, 0.1) is 9.89 Å². The fraction of sp³-hybridized carbons (Fsp3) is 0.636. The van der Waals surface area contributed by atoms with E-state index in [2.05, 4.69) is 35.0 Å². The molecule has 1 saturated heterocycles. The van der Waals surface area contributed by atoms with Crippen molar-refractivity contribution in [3.63, 3.8) is 0 Å². The van der Waals surface area contributed by atoms with Gasteiger partial charge in [-0.3, -0.25) is 0 Å². The van der Waals surface area contributed by atoms with E-state index in [0.29, 0.717) is 5.88 Å². The Hall–Kier alpha value is 0.430. The minimum Gasteiger partial charge on any atom is -0.378 e. The molecule has 0 bridgehead atoms. The zero-order valence-electron chi connectivity index (χ0n) is 8.63. The highest BCUT2D eigenvalue weighted by atomic mass is 79.9. The average molecular weight is 310 g/mol. The zero-order valence-corrected chi connectivity index (χ0v) is 11.8. The highest BCUT2D eigenvalue weighted by Gasteiger charge is 2.41. The molecule has 0 saturated carbocycles. The Bertz CT molecular complexity index is 341. The van der Waals surface area contributed by atoms with Crippen molar-refractivity contribution in [3.05, 3.63) is 20.8 Å². The van der Waals surface area contributed by atoms with Gasteiger partial charge in [0.2, 0.25) is 0 Å². The molecular weight excluding hydrogens is 296 g/mol. The summed E-state index contributed by atoms with van der Waals surface area (Å²) in [6.45, 7) is 2.98. The molecule has 2 unspecified atom stereocenters. The first-order valence-corrected chi connectivity index (χ1v) is 7.22. The van der Waals surface area contributed by atoms with E-state index in [9.17, 15) is 0 Å². The lowest BCUT2D eigenvalue weighted by Crippen LogP contribution is -2.32. The summed E-state index contributed by atoms with van der Waals surface area (Å²) in [5, 5.41) is 0. The predicted octanol–water partition coefficient (Wildman–Crippen LogP) is 4.09. The van der Waals surface area contributed by atoms with Crippen molar-refractivity contribution in [3.8, 4) is 0 Å². The quantitative estimate of drug-likeness (QED) is 0.764. The molecule has 1 nitrogen and oxygen atoms in total. The smallest absolute Gasteiger partial charge is 0.0701 e. The summed E-state index contributed by atoms with van der Waals surface area (Å²) in [7, 11) is 0. The van der Waals surface area contributed by atoms with Crippen LogP contribution in [0.25, 0.3) is 0 Å². The standard InChI is InChI=1S/C11H14BrClOS/c1-8-11(7-13,4-5-14-8)6-9-2-3-10(12)15-9/h2-3,8H,4-7H2,1H3. The van der Waals surface area contributed by atoms with Crippen molar-refractivity contribution in [2.24, 2.45) is 5.41 Å². The minimum absolute atomic E-state index is 0.145. The van der Waals surface area contributed by atoms with Crippen LogP contribution in [0.3, 0.4) is 0 Å². The second-order valence-corrected chi connectivity index (χ2v) is 6.96. The van der Waals surface area contributed by atoms with Gasteiger partial charge >= 0.3 is 0 Å². The highest BCUT2D eigenvalue weighted by Crippen LogP contribution is 2.41. The molecule has 1 aromatic heterocycles. The molecule has 15 heavy (non-hydrogen) atoms. The van der Waals surface area contributed by atoms with Crippen LogP contribution in [0.2, 0.25) is 0 Å². The van der Waals surface area contributed by atoms with Crippen molar-refractivity contribution in [2.75, 3.05) is 12.5 Å². The van der Waals surface area contributed by atoms with Crippen molar-refractivity contribution < 1.29 is 4.74 Å². The van der Waals surface area contributed by atoms with Crippen LogP contribution in [-0.2, 0) is 11.2 Å². The summed E-state index contributed by atoms with van der Waals surface area (Å²) in [6.07, 6.45) is 2.39.